The molecule has 0 radical (unpaired) electrons. The average Bonchev–Trinajstić information content (AvgIpc) is 3.34. The lowest BCUT2D eigenvalue weighted by Crippen LogP contribution is -2.27. The van der Waals surface area contributed by atoms with Gasteiger partial charge < -0.3 is 10.6 Å². The van der Waals surface area contributed by atoms with Gasteiger partial charge in [-0.2, -0.15) is 5.10 Å². The van der Waals surface area contributed by atoms with Gasteiger partial charge in [0.2, 0.25) is 5.91 Å². The highest BCUT2D eigenvalue weighted by Gasteiger charge is 2.28. The van der Waals surface area contributed by atoms with Crippen molar-refractivity contribution in [2.24, 2.45) is 5.92 Å². The zero-order chi connectivity index (χ0) is 14.7. The topological polar surface area (TPSA) is 99.8 Å². The number of hydrogen-bond donors (Lipinski definition) is 3. The molecule has 3 rings (SSSR count). The maximum Gasteiger partial charge on any atom is 0.273 e. The molecule has 3 N–H and O–H groups in total. The number of amides is 1. The number of H-pyrrole nitrogens is 1. The van der Waals surface area contributed by atoms with Crippen LogP contribution in [0.25, 0.3) is 10.9 Å². The Balaban J connectivity index is 1.54. The summed E-state index contributed by atoms with van der Waals surface area (Å²) in [4.78, 5) is 27.3. The first kappa shape index (κ1) is 13.5. The summed E-state index contributed by atoms with van der Waals surface area (Å²) < 4.78 is 0. The van der Waals surface area contributed by atoms with Gasteiger partial charge in [-0.25, -0.2) is 5.10 Å². The fourth-order valence-electron chi connectivity index (χ4n) is 2.12. The van der Waals surface area contributed by atoms with E-state index in [1.54, 1.807) is 18.3 Å². The van der Waals surface area contributed by atoms with E-state index >= 15 is 0 Å². The maximum absolute atomic E-state index is 11.6. The molecule has 0 atom stereocenters. The summed E-state index contributed by atoms with van der Waals surface area (Å²) in [7, 11) is 0. The molecule has 0 spiro atoms. The number of rotatable bonds is 6. The van der Waals surface area contributed by atoms with Gasteiger partial charge in [0.15, 0.2) is 5.82 Å². The van der Waals surface area contributed by atoms with Gasteiger partial charge in [0.05, 0.1) is 5.39 Å². The van der Waals surface area contributed by atoms with Gasteiger partial charge >= 0.3 is 0 Å². The first-order valence-electron chi connectivity index (χ1n) is 7.10. The van der Waals surface area contributed by atoms with Crippen molar-refractivity contribution in [2.45, 2.75) is 19.3 Å². The molecule has 0 saturated heterocycles. The second-order valence-corrected chi connectivity index (χ2v) is 5.15. The zero-order valence-electron chi connectivity index (χ0n) is 11.6. The van der Waals surface area contributed by atoms with Crippen LogP contribution in [0.5, 0.6) is 0 Å². The van der Waals surface area contributed by atoms with Crippen molar-refractivity contribution in [3.05, 3.63) is 28.7 Å². The molecule has 1 saturated carbocycles. The molecule has 21 heavy (non-hydrogen) atoms. The smallest absolute Gasteiger partial charge is 0.273 e. The van der Waals surface area contributed by atoms with Gasteiger partial charge in [-0.1, -0.05) is 0 Å². The Hall–Kier alpha value is -2.44. The number of carbonyl (C=O) groups is 1. The van der Waals surface area contributed by atoms with E-state index in [4.69, 9.17) is 0 Å². The number of anilines is 1. The Kier molecular flexibility index (Phi) is 3.81. The number of aromatic amines is 1. The number of fused-ring (bicyclic) bond motifs is 1. The van der Waals surface area contributed by atoms with Gasteiger partial charge in [0.25, 0.3) is 5.56 Å². The molecule has 7 nitrogen and oxygen atoms in total. The molecular weight excluding hydrogens is 270 g/mol. The molecular formula is C14H17N5O2. The van der Waals surface area contributed by atoms with E-state index in [1.807, 2.05) is 0 Å². The molecule has 0 aromatic carbocycles. The lowest BCUT2D eigenvalue weighted by atomic mass is 10.3. The van der Waals surface area contributed by atoms with Gasteiger partial charge in [0.1, 0.15) is 5.52 Å². The largest absolute Gasteiger partial charge is 0.367 e. The van der Waals surface area contributed by atoms with Gasteiger partial charge in [0, 0.05) is 25.2 Å². The molecule has 2 heterocycles. The summed E-state index contributed by atoms with van der Waals surface area (Å²) in [6.45, 7) is 1.28. The number of carbonyl (C=O) groups excluding carboxylic acids is 1. The van der Waals surface area contributed by atoms with Crippen LogP contribution in [0.3, 0.4) is 0 Å². The molecule has 2 aromatic rings. The van der Waals surface area contributed by atoms with Crippen LogP contribution < -0.4 is 16.2 Å². The van der Waals surface area contributed by atoms with Crippen molar-refractivity contribution in [3.63, 3.8) is 0 Å². The highest BCUT2D eigenvalue weighted by atomic mass is 16.2. The Bertz CT molecular complexity index is 708. The maximum atomic E-state index is 11.6. The monoisotopic (exact) mass is 287 g/mol. The fourth-order valence-corrected chi connectivity index (χ4v) is 2.12. The molecule has 1 fully saturated rings. The third-order valence-corrected chi connectivity index (χ3v) is 3.44. The van der Waals surface area contributed by atoms with Crippen LogP contribution in [0.2, 0.25) is 0 Å². The van der Waals surface area contributed by atoms with Gasteiger partial charge in [-0.05, 0) is 31.4 Å². The zero-order valence-corrected chi connectivity index (χ0v) is 11.6. The van der Waals surface area contributed by atoms with Crippen LogP contribution in [-0.4, -0.2) is 34.2 Å². The van der Waals surface area contributed by atoms with Crippen LogP contribution in [0, 0.1) is 5.92 Å². The van der Waals surface area contributed by atoms with Crippen LogP contribution in [0.15, 0.2) is 23.1 Å². The van der Waals surface area contributed by atoms with E-state index in [2.05, 4.69) is 25.8 Å². The second-order valence-electron chi connectivity index (χ2n) is 5.15. The van der Waals surface area contributed by atoms with E-state index in [0.717, 1.165) is 19.3 Å². The highest BCUT2D eigenvalue weighted by molar-refractivity contribution is 5.86. The van der Waals surface area contributed by atoms with E-state index in [0.29, 0.717) is 29.8 Å². The molecule has 110 valence electrons. The normalized spacial score (nSPS) is 14.1. The number of aromatic nitrogens is 3. The standard InChI is InChI=1S/C14H17N5O2/c20-13(9-4-5-9)17-8-2-7-16-12-11-10(3-1-6-15-11)14(21)19-18-12/h1,3,6,9H,2,4-5,7-8H2,(H,16,18)(H,17,20)(H,19,21). The minimum atomic E-state index is -0.250. The highest BCUT2D eigenvalue weighted by Crippen LogP contribution is 2.28. The SMILES string of the molecule is O=C(NCCCNc1n[nH]c(=O)c2cccnc12)C1CC1. The summed E-state index contributed by atoms with van der Waals surface area (Å²) in [6.07, 6.45) is 4.45. The van der Waals surface area contributed by atoms with Gasteiger partial charge in [-0.15, -0.1) is 0 Å². The number of nitrogens with zero attached hydrogens (tertiary/aromatic N) is 2. The quantitative estimate of drug-likeness (QED) is 0.677. The lowest BCUT2D eigenvalue weighted by Gasteiger charge is -2.08. The second kappa shape index (κ2) is 5.90. The Morgan fingerprint density at radius 2 is 2.24 bits per heavy atom. The molecule has 1 aliphatic rings. The first-order chi connectivity index (χ1) is 10.3. The molecule has 1 amide bonds. The third-order valence-electron chi connectivity index (χ3n) is 3.44. The van der Waals surface area contributed by atoms with E-state index in [9.17, 15) is 9.59 Å². The molecule has 0 unspecified atom stereocenters. The Morgan fingerprint density at radius 3 is 3.05 bits per heavy atom. The molecule has 2 aromatic heterocycles. The summed E-state index contributed by atoms with van der Waals surface area (Å²) in [6, 6.07) is 3.43. The number of pyridine rings is 1. The molecule has 0 bridgehead atoms. The van der Waals surface area contributed by atoms with Crippen LogP contribution in [0.4, 0.5) is 5.82 Å². The van der Waals surface area contributed by atoms with Crippen molar-refractivity contribution in [3.8, 4) is 0 Å². The van der Waals surface area contributed by atoms with E-state index in [-0.39, 0.29) is 17.4 Å². The average molecular weight is 287 g/mol. The molecule has 1 aliphatic carbocycles. The van der Waals surface area contributed by atoms with Crippen LogP contribution in [-0.2, 0) is 4.79 Å². The Morgan fingerprint density at radius 1 is 1.38 bits per heavy atom. The minimum absolute atomic E-state index is 0.157. The summed E-state index contributed by atoms with van der Waals surface area (Å²) in [5, 5.41) is 13.0. The van der Waals surface area contributed by atoms with Crippen molar-refractivity contribution in [1.29, 1.82) is 0 Å². The summed E-state index contributed by atoms with van der Waals surface area (Å²) >= 11 is 0. The Labute approximate surface area is 121 Å². The van der Waals surface area contributed by atoms with Crippen LogP contribution >= 0.6 is 0 Å². The predicted molar refractivity (Wildman–Crippen MR) is 79.0 cm³/mol. The number of hydrogen-bond acceptors (Lipinski definition) is 5. The fraction of sp³-hybridized carbons (Fsp3) is 0.429. The summed E-state index contributed by atoms with van der Waals surface area (Å²) in [5.74, 6) is 0.954. The first-order valence-corrected chi connectivity index (χ1v) is 7.10. The number of nitrogens with one attached hydrogen (secondary N) is 3. The van der Waals surface area contributed by atoms with Crippen LogP contribution in [0.1, 0.15) is 19.3 Å². The van der Waals surface area contributed by atoms with Crippen molar-refractivity contribution >= 4 is 22.6 Å². The molecule has 7 heteroatoms. The minimum Gasteiger partial charge on any atom is -0.367 e. The van der Waals surface area contributed by atoms with Gasteiger partial charge in [-0.3, -0.25) is 14.6 Å². The van der Waals surface area contributed by atoms with E-state index < -0.39 is 0 Å². The predicted octanol–water partition coefficient (Wildman–Crippen LogP) is 0.646. The van der Waals surface area contributed by atoms with E-state index in [1.165, 1.54) is 0 Å². The van der Waals surface area contributed by atoms with Crippen molar-refractivity contribution in [1.82, 2.24) is 20.5 Å². The van der Waals surface area contributed by atoms with Crippen molar-refractivity contribution in [2.75, 3.05) is 18.4 Å². The lowest BCUT2D eigenvalue weighted by molar-refractivity contribution is -0.122. The summed E-state index contributed by atoms with van der Waals surface area (Å²) in [5.41, 5.74) is 0.309. The van der Waals surface area contributed by atoms with Crippen molar-refractivity contribution < 1.29 is 4.79 Å². The third kappa shape index (κ3) is 3.18. The molecule has 0 aliphatic heterocycles.